The number of carboxylic acids is 2. The maximum Gasteiger partial charge on any atom is 0.307 e. The fourth-order valence-corrected chi connectivity index (χ4v) is 0.840. The molecule has 0 spiro atoms. The Hall–Kier alpha value is -1.32. The van der Waals surface area contributed by atoms with Crippen molar-refractivity contribution in [3.8, 4) is 0 Å². The largest absolute Gasteiger partial charge is 0.481 e. The summed E-state index contributed by atoms with van der Waals surface area (Å²) in [6.07, 6.45) is 5.78. The van der Waals surface area contributed by atoms with Crippen molar-refractivity contribution in [2.75, 3.05) is 0 Å². The van der Waals surface area contributed by atoms with Gasteiger partial charge in [0.1, 0.15) is 0 Å². The number of rotatable bonds is 7. The Kier molecular flexibility index (Phi) is 6.59. The molecule has 0 saturated heterocycles. The zero-order chi connectivity index (χ0) is 10.1. The summed E-state index contributed by atoms with van der Waals surface area (Å²) in [4.78, 5) is 20.1. The molecule has 0 aliphatic heterocycles. The topological polar surface area (TPSA) is 74.6 Å². The van der Waals surface area contributed by atoms with Gasteiger partial charge in [0.25, 0.3) is 0 Å². The van der Waals surface area contributed by atoms with Crippen LogP contribution < -0.4 is 0 Å². The first-order chi connectivity index (χ1) is 6.13. The van der Waals surface area contributed by atoms with Crippen LogP contribution in [0.3, 0.4) is 0 Å². The molecule has 2 N–H and O–H groups in total. The van der Waals surface area contributed by atoms with Gasteiger partial charge in [0.15, 0.2) is 0 Å². The smallest absolute Gasteiger partial charge is 0.307 e. The number of carboxylic acid groups (broad SMARTS) is 2. The van der Waals surface area contributed by atoms with Gasteiger partial charge >= 0.3 is 11.9 Å². The van der Waals surface area contributed by atoms with Gasteiger partial charge in [-0.25, -0.2) is 0 Å². The molecule has 0 fully saturated rings. The first-order valence-corrected chi connectivity index (χ1v) is 4.21. The van der Waals surface area contributed by atoms with E-state index in [2.05, 4.69) is 0 Å². The Morgan fingerprint density at radius 1 is 1.00 bits per heavy atom. The predicted molar refractivity (Wildman–Crippen MR) is 47.5 cm³/mol. The van der Waals surface area contributed by atoms with Crippen LogP contribution in [0.1, 0.15) is 32.1 Å². The van der Waals surface area contributed by atoms with Crippen LogP contribution in [0.2, 0.25) is 0 Å². The highest BCUT2D eigenvalue weighted by Crippen LogP contribution is 2.00. The summed E-state index contributed by atoms with van der Waals surface area (Å²) in [6, 6.07) is 0. The summed E-state index contributed by atoms with van der Waals surface area (Å²) in [6.45, 7) is 0. The molecule has 13 heavy (non-hydrogen) atoms. The van der Waals surface area contributed by atoms with E-state index in [-0.39, 0.29) is 12.8 Å². The van der Waals surface area contributed by atoms with E-state index in [9.17, 15) is 9.59 Å². The van der Waals surface area contributed by atoms with Crippen molar-refractivity contribution in [3.63, 3.8) is 0 Å². The minimum absolute atomic E-state index is 0.0406. The number of unbranched alkanes of at least 4 members (excludes halogenated alkanes) is 2. The lowest BCUT2D eigenvalue weighted by Gasteiger charge is -1.92. The van der Waals surface area contributed by atoms with E-state index in [1.807, 2.05) is 0 Å². The SMILES string of the molecule is O=C(O)C/C=C/CCCCC(=O)O. The normalized spacial score (nSPS) is 10.5. The Labute approximate surface area is 76.9 Å². The van der Waals surface area contributed by atoms with Crippen LogP contribution in [0.5, 0.6) is 0 Å². The van der Waals surface area contributed by atoms with Crippen LogP contribution >= 0.6 is 0 Å². The molecule has 0 aromatic heterocycles. The second kappa shape index (κ2) is 7.34. The zero-order valence-electron chi connectivity index (χ0n) is 7.40. The highest BCUT2D eigenvalue weighted by Gasteiger charge is 1.94. The molecule has 74 valence electrons. The van der Waals surface area contributed by atoms with E-state index in [1.165, 1.54) is 0 Å². The summed E-state index contributed by atoms with van der Waals surface area (Å²) in [5.41, 5.74) is 0. The average molecular weight is 186 g/mol. The minimum atomic E-state index is -0.846. The first-order valence-electron chi connectivity index (χ1n) is 4.21. The Morgan fingerprint density at radius 2 is 1.69 bits per heavy atom. The van der Waals surface area contributed by atoms with E-state index in [4.69, 9.17) is 10.2 Å². The number of hydrogen-bond donors (Lipinski definition) is 2. The highest BCUT2D eigenvalue weighted by atomic mass is 16.4. The molecular formula is C9H14O4. The number of allylic oxidation sites excluding steroid dienone is 1. The van der Waals surface area contributed by atoms with Crippen molar-refractivity contribution >= 4 is 11.9 Å². The maximum absolute atomic E-state index is 10.1. The second-order valence-electron chi connectivity index (χ2n) is 2.71. The Bertz CT molecular complexity index is 196. The standard InChI is InChI=1S/C9H14O4/c10-8(11)6-4-2-1-3-5-7-9(12)13/h2,4H,1,3,5-7H2,(H,10,11)(H,12,13)/b4-2+. The molecule has 0 rings (SSSR count). The van der Waals surface area contributed by atoms with Gasteiger partial charge in [0.05, 0.1) is 6.42 Å². The molecule has 4 heteroatoms. The third-order valence-corrected chi connectivity index (χ3v) is 1.47. The first kappa shape index (κ1) is 11.7. The summed E-state index contributed by atoms with van der Waals surface area (Å²) < 4.78 is 0. The van der Waals surface area contributed by atoms with E-state index < -0.39 is 11.9 Å². The van der Waals surface area contributed by atoms with Crippen molar-refractivity contribution in [1.29, 1.82) is 0 Å². The van der Waals surface area contributed by atoms with Gasteiger partial charge in [-0.15, -0.1) is 0 Å². The molecule has 0 bridgehead atoms. The molecule has 0 radical (unpaired) electrons. The van der Waals surface area contributed by atoms with Gasteiger partial charge in [-0.05, 0) is 19.3 Å². The minimum Gasteiger partial charge on any atom is -0.481 e. The Morgan fingerprint density at radius 3 is 2.23 bits per heavy atom. The fourth-order valence-electron chi connectivity index (χ4n) is 0.840. The lowest BCUT2D eigenvalue weighted by molar-refractivity contribution is -0.137. The van der Waals surface area contributed by atoms with E-state index in [0.29, 0.717) is 6.42 Å². The number of hydrogen-bond acceptors (Lipinski definition) is 2. The Balaban J connectivity index is 3.20. The molecule has 0 aromatic carbocycles. The van der Waals surface area contributed by atoms with Crippen molar-refractivity contribution in [1.82, 2.24) is 0 Å². The van der Waals surface area contributed by atoms with E-state index in [0.717, 1.165) is 12.8 Å². The van der Waals surface area contributed by atoms with Crippen LogP contribution in [-0.2, 0) is 9.59 Å². The van der Waals surface area contributed by atoms with Crippen LogP contribution in [0, 0.1) is 0 Å². The van der Waals surface area contributed by atoms with Crippen molar-refractivity contribution in [3.05, 3.63) is 12.2 Å². The molecule has 0 aliphatic carbocycles. The van der Waals surface area contributed by atoms with Gasteiger partial charge in [-0.1, -0.05) is 12.2 Å². The monoisotopic (exact) mass is 186 g/mol. The molecule has 0 aliphatic rings. The van der Waals surface area contributed by atoms with Gasteiger partial charge in [0.2, 0.25) is 0 Å². The van der Waals surface area contributed by atoms with E-state index >= 15 is 0 Å². The summed E-state index contributed by atoms with van der Waals surface area (Å²) in [5, 5.41) is 16.6. The van der Waals surface area contributed by atoms with Crippen LogP contribution in [0.25, 0.3) is 0 Å². The van der Waals surface area contributed by atoms with Gasteiger partial charge < -0.3 is 10.2 Å². The molecule has 0 aromatic rings. The van der Waals surface area contributed by atoms with Crippen LogP contribution in [0.15, 0.2) is 12.2 Å². The number of carbonyl (C=O) groups is 2. The van der Waals surface area contributed by atoms with E-state index in [1.54, 1.807) is 12.2 Å². The second-order valence-corrected chi connectivity index (χ2v) is 2.71. The molecule has 0 unspecified atom stereocenters. The van der Waals surface area contributed by atoms with Crippen molar-refractivity contribution in [2.24, 2.45) is 0 Å². The predicted octanol–water partition coefficient (Wildman–Crippen LogP) is 1.66. The van der Waals surface area contributed by atoms with Gasteiger partial charge in [-0.3, -0.25) is 9.59 Å². The van der Waals surface area contributed by atoms with Crippen molar-refractivity contribution < 1.29 is 19.8 Å². The fraction of sp³-hybridized carbons (Fsp3) is 0.556. The van der Waals surface area contributed by atoms with Gasteiger partial charge in [0, 0.05) is 6.42 Å². The highest BCUT2D eigenvalue weighted by molar-refractivity contribution is 5.68. The number of aliphatic carboxylic acids is 2. The lowest BCUT2D eigenvalue weighted by Crippen LogP contribution is -1.93. The summed E-state index contributed by atoms with van der Waals surface area (Å²) in [7, 11) is 0. The molecule has 0 saturated carbocycles. The maximum atomic E-state index is 10.1. The van der Waals surface area contributed by atoms with Crippen LogP contribution in [-0.4, -0.2) is 22.2 Å². The summed E-state index contributed by atoms with van der Waals surface area (Å²) >= 11 is 0. The third kappa shape index (κ3) is 10.7. The molecule has 0 atom stereocenters. The zero-order valence-corrected chi connectivity index (χ0v) is 7.40. The molecule has 0 heterocycles. The quantitative estimate of drug-likeness (QED) is 0.468. The lowest BCUT2D eigenvalue weighted by atomic mass is 10.2. The molecule has 0 amide bonds. The van der Waals surface area contributed by atoms with Crippen LogP contribution in [0.4, 0.5) is 0 Å². The molecular weight excluding hydrogens is 172 g/mol. The third-order valence-electron chi connectivity index (χ3n) is 1.47. The van der Waals surface area contributed by atoms with Crippen molar-refractivity contribution in [2.45, 2.75) is 32.1 Å². The summed E-state index contributed by atoms with van der Waals surface area (Å²) in [5.74, 6) is -1.63. The average Bonchev–Trinajstić information content (AvgIpc) is 2.01. The molecule has 4 nitrogen and oxygen atoms in total. The van der Waals surface area contributed by atoms with Gasteiger partial charge in [-0.2, -0.15) is 0 Å².